The highest BCUT2D eigenvalue weighted by molar-refractivity contribution is 6.31. The fourth-order valence-corrected chi connectivity index (χ4v) is 1.52. The van der Waals surface area contributed by atoms with Crippen LogP contribution in [-0.2, 0) is 6.54 Å². The number of halogens is 1. The number of hydrogen-bond donors (Lipinski definition) is 1. The van der Waals surface area contributed by atoms with Crippen LogP contribution in [0.2, 0.25) is 5.02 Å². The van der Waals surface area contributed by atoms with Gasteiger partial charge in [-0.05, 0) is 45.7 Å². The van der Waals surface area contributed by atoms with Crippen LogP contribution in [0.5, 0.6) is 5.88 Å². The van der Waals surface area contributed by atoms with E-state index in [1.54, 1.807) is 0 Å². The second-order valence-corrected chi connectivity index (χ2v) is 5.98. The van der Waals surface area contributed by atoms with Crippen LogP contribution in [0.1, 0.15) is 46.6 Å². The van der Waals surface area contributed by atoms with Crippen molar-refractivity contribution in [2.24, 2.45) is 0 Å². The maximum atomic E-state index is 6.17. The number of pyridine rings is 1. The summed E-state index contributed by atoms with van der Waals surface area (Å²) in [6.45, 7) is 11.2. The Morgan fingerprint density at radius 1 is 1.44 bits per heavy atom. The van der Waals surface area contributed by atoms with Crippen molar-refractivity contribution < 1.29 is 4.74 Å². The summed E-state index contributed by atoms with van der Waals surface area (Å²) in [5, 5.41) is 3.97. The van der Waals surface area contributed by atoms with E-state index < -0.39 is 0 Å². The third kappa shape index (κ3) is 5.23. The lowest BCUT2D eigenvalue weighted by atomic mass is 10.1. The Morgan fingerprint density at radius 2 is 2.11 bits per heavy atom. The Balaban J connectivity index is 2.67. The van der Waals surface area contributed by atoms with Gasteiger partial charge in [-0.2, -0.15) is 0 Å². The highest BCUT2D eigenvalue weighted by Gasteiger charge is 2.11. The third-order valence-electron chi connectivity index (χ3n) is 2.57. The Labute approximate surface area is 115 Å². The Hall–Kier alpha value is -0.800. The topological polar surface area (TPSA) is 34.1 Å². The molecule has 0 aliphatic carbocycles. The van der Waals surface area contributed by atoms with Crippen molar-refractivity contribution in [2.75, 3.05) is 0 Å². The fraction of sp³-hybridized carbons (Fsp3) is 0.643. The summed E-state index contributed by atoms with van der Waals surface area (Å²) in [6, 6.07) is 1.91. The first-order valence-electron chi connectivity index (χ1n) is 6.38. The minimum Gasteiger partial charge on any atom is -0.474 e. The molecule has 1 aromatic heterocycles. The molecule has 4 heteroatoms. The number of nitrogens with zero attached hydrogens (tertiary/aromatic N) is 1. The summed E-state index contributed by atoms with van der Waals surface area (Å²) in [5.74, 6) is 0.519. The minimum atomic E-state index is 0.0817. The SMILES string of the molecule is CCC(C)Oc1ncc(CNC(C)(C)C)cc1Cl. The van der Waals surface area contributed by atoms with Crippen LogP contribution in [0.3, 0.4) is 0 Å². The van der Waals surface area contributed by atoms with E-state index >= 15 is 0 Å². The molecule has 0 fully saturated rings. The predicted octanol–water partition coefficient (Wildman–Crippen LogP) is 3.80. The third-order valence-corrected chi connectivity index (χ3v) is 2.85. The molecule has 102 valence electrons. The number of rotatable bonds is 5. The molecule has 1 atom stereocenters. The molecule has 0 aromatic carbocycles. The second-order valence-electron chi connectivity index (χ2n) is 5.57. The molecule has 0 aliphatic heterocycles. The molecule has 0 amide bonds. The van der Waals surface area contributed by atoms with E-state index in [0.717, 1.165) is 18.5 Å². The maximum Gasteiger partial charge on any atom is 0.232 e. The number of ether oxygens (including phenoxy) is 1. The molecule has 1 rings (SSSR count). The van der Waals surface area contributed by atoms with E-state index in [1.165, 1.54) is 0 Å². The number of aromatic nitrogens is 1. The van der Waals surface area contributed by atoms with Crippen LogP contribution in [-0.4, -0.2) is 16.6 Å². The van der Waals surface area contributed by atoms with E-state index in [4.69, 9.17) is 16.3 Å². The van der Waals surface area contributed by atoms with Crippen molar-refractivity contribution in [3.8, 4) is 5.88 Å². The van der Waals surface area contributed by atoms with Gasteiger partial charge in [0.05, 0.1) is 6.10 Å². The molecule has 3 nitrogen and oxygen atoms in total. The smallest absolute Gasteiger partial charge is 0.232 e. The molecule has 0 bridgehead atoms. The first-order chi connectivity index (χ1) is 8.31. The fourth-order valence-electron chi connectivity index (χ4n) is 1.29. The lowest BCUT2D eigenvalue weighted by molar-refractivity contribution is 0.208. The molecule has 0 spiro atoms. The van der Waals surface area contributed by atoms with Crippen LogP contribution in [0.15, 0.2) is 12.3 Å². The number of hydrogen-bond acceptors (Lipinski definition) is 3. The summed E-state index contributed by atoms with van der Waals surface area (Å²) >= 11 is 6.17. The highest BCUT2D eigenvalue weighted by atomic mass is 35.5. The van der Waals surface area contributed by atoms with E-state index in [1.807, 2.05) is 19.2 Å². The molecular weight excluding hydrogens is 248 g/mol. The molecule has 0 saturated heterocycles. The predicted molar refractivity (Wildman–Crippen MR) is 76.2 cm³/mol. The number of nitrogens with one attached hydrogen (secondary N) is 1. The van der Waals surface area contributed by atoms with Crippen molar-refractivity contribution in [1.82, 2.24) is 10.3 Å². The molecule has 0 radical (unpaired) electrons. The summed E-state index contributed by atoms with van der Waals surface area (Å²) in [4.78, 5) is 4.27. The van der Waals surface area contributed by atoms with Gasteiger partial charge in [0.25, 0.3) is 0 Å². The van der Waals surface area contributed by atoms with Crippen LogP contribution in [0, 0.1) is 0 Å². The van der Waals surface area contributed by atoms with Gasteiger partial charge in [-0.25, -0.2) is 4.98 Å². The average molecular weight is 271 g/mol. The zero-order valence-electron chi connectivity index (χ0n) is 11.9. The molecule has 1 unspecified atom stereocenters. The second kappa shape index (κ2) is 6.39. The zero-order chi connectivity index (χ0) is 13.8. The molecular formula is C14H23ClN2O. The van der Waals surface area contributed by atoms with Crippen LogP contribution >= 0.6 is 11.6 Å². The molecule has 1 aromatic rings. The van der Waals surface area contributed by atoms with Crippen molar-refractivity contribution in [2.45, 2.75) is 59.2 Å². The summed E-state index contributed by atoms with van der Waals surface area (Å²) < 4.78 is 5.63. The lowest BCUT2D eigenvalue weighted by Crippen LogP contribution is -2.35. The van der Waals surface area contributed by atoms with Crippen molar-refractivity contribution in [3.05, 3.63) is 22.8 Å². The average Bonchev–Trinajstić information content (AvgIpc) is 2.28. The van der Waals surface area contributed by atoms with Gasteiger partial charge in [0, 0.05) is 18.3 Å². The molecule has 0 aliphatic rings. The van der Waals surface area contributed by atoms with Gasteiger partial charge < -0.3 is 10.1 Å². The molecule has 18 heavy (non-hydrogen) atoms. The first kappa shape index (κ1) is 15.3. The highest BCUT2D eigenvalue weighted by Crippen LogP contribution is 2.24. The Bertz CT molecular complexity index is 388. The molecule has 1 heterocycles. The van der Waals surface area contributed by atoms with Crippen molar-refractivity contribution in [3.63, 3.8) is 0 Å². The van der Waals surface area contributed by atoms with Gasteiger partial charge in [0.1, 0.15) is 5.02 Å². The largest absolute Gasteiger partial charge is 0.474 e. The van der Waals surface area contributed by atoms with Gasteiger partial charge in [-0.1, -0.05) is 18.5 Å². The minimum absolute atomic E-state index is 0.0817. The first-order valence-corrected chi connectivity index (χ1v) is 6.75. The maximum absolute atomic E-state index is 6.17. The van der Waals surface area contributed by atoms with Gasteiger partial charge in [0.2, 0.25) is 5.88 Å². The Kier molecular flexibility index (Phi) is 5.42. The quantitative estimate of drug-likeness (QED) is 0.884. The van der Waals surface area contributed by atoms with E-state index in [2.05, 4.69) is 38.0 Å². The van der Waals surface area contributed by atoms with Crippen LogP contribution in [0.25, 0.3) is 0 Å². The summed E-state index contributed by atoms with van der Waals surface area (Å²) in [7, 11) is 0. The van der Waals surface area contributed by atoms with E-state index in [-0.39, 0.29) is 11.6 Å². The monoisotopic (exact) mass is 270 g/mol. The van der Waals surface area contributed by atoms with E-state index in [0.29, 0.717) is 10.9 Å². The van der Waals surface area contributed by atoms with Crippen molar-refractivity contribution >= 4 is 11.6 Å². The van der Waals surface area contributed by atoms with Gasteiger partial charge >= 0.3 is 0 Å². The summed E-state index contributed by atoms with van der Waals surface area (Å²) in [6.07, 6.45) is 2.88. The van der Waals surface area contributed by atoms with Crippen LogP contribution < -0.4 is 10.1 Å². The zero-order valence-corrected chi connectivity index (χ0v) is 12.6. The summed E-state index contributed by atoms with van der Waals surface area (Å²) in [5.41, 5.74) is 1.14. The molecule has 1 N–H and O–H groups in total. The molecule has 0 saturated carbocycles. The van der Waals surface area contributed by atoms with Crippen molar-refractivity contribution in [1.29, 1.82) is 0 Å². The lowest BCUT2D eigenvalue weighted by Gasteiger charge is -2.20. The van der Waals surface area contributed by atoms with Gasteiger partial charge in [0.15, 0.2) is 0 Å². The normalized spacial score (nSPS) is 13.4. The van der Waals surface area contributed by atoms with Gasteiger partial charge in [-0.15, -0.1) is 0 Å². The standard InChI is InChI=1S/C14H23ClN2O/c1-6-10(2)18-13-12(15)7-11(8-16-13)9-17-14(3,4)5/h7-8,10,17H,6,9H2,1-5H3. The van der Waals surface area contributed by atoms with Gasteiger partial charge in [-0.3, -0.25) is 0 Å². The van der Waals surface area contributed by atoms with E-state index in [9.17, 15) is 0 Å². The Morgan fingerprint density at radius 3 is 2.61 bits per heavy atom. The van der Waals surface area contributed by atoms with Crippen LogP contribution in [0.4, 0.5) is 0 Å².